The van der Waals surface area contributed by atoms with Gasteiger partial charge in [0.25, 0.3) is 0 Å². The van der Waals surface area contributed by atoms with Crippen molar-refractivity contribution in [1.29, 1.82) is 0 Å². The van der Waals surface area contributed by atoms with Crippen molar-refractivity contribution in [3.63, 3.8) is 0 Å². The second kappa shape index (κ2) is 11.7. The van der Waals surface area contributed by atoms with Gasteiger partial charge in [0.2, 0.25) is 5.91 Å². The molecular formula is C26H41N5O. The Morgan fingerprint density at radius 3 is 2.66 bits per heavy atom. The van der Waals surface area contributed by atoms with Crippen molar-refractivity contribution in [3.8, 4) is 0 Å². The maximum absolute atomic E-state index is 12.7. The Kier molecular flexibility index (Phi) is 8.43. The molecule has 0 spiro atoms. The Bertz CT molecular complexity index is 746. The highest BCUT2D eigenvalue weighted by atomic mass is 16.2. The van der Waals surface area contributed by atoms with Gasteiger partial charge in [-0.25, -0.2) is 0 Å². The van der Waals surface area contributed by atoms with E-state index in [0.29, 0.717) is 17.9 Å². The molecule has 3 fully saturated rings. The molecule has 2 N–H and O–H groups in total. The van der Waals surface area contributed by atoms with E-state index in [0.717, 1.165) is 70.9 Å². The van der Waals surface area contributed by atoms with Gasteiger partial charge in [0, 0.05) is 51.2 Å². The highest BCUT2D eigenvalue weighted by Crippen LogP contribution is 2.27. The van der Waals surface area contributed by atoms with Crippen LogP contribution in [-0.4, -0.2) is 73.5 Å². The summed E-state index contributed by atoms with van der Waals surface area (Å²) in [7, 11) is 0. The van der Waals surface area contributed by atoms with Gasteiger partial charge in [-0.05, 0) is 57.1 Å². The van der Waals surface area contributed by atoms with Gasteiger partial charge < -0.3 is 20.4 Å². The lowest BCUT2D eigenvalue weighted by molar-refractivity contribution is -0.134. The molecule has 0 bridgehead atoms. The molecule has 6 heteroatoms. The summed E-state index contributed by atoms with van der Waals surface area (Å²) >= 11 is 0. The first-order chi connectivity index (χ1) is 15.7. The molecule has 2 aliphatic heterocycles. The fourth-order valence-electron chi connectivity index (χ4n) is 5.44. The topological polar surface area (TPSA) is 60.0 Å². The van der Waals surface area contributed by atoms with Crippen molar-refractivity contribution in [2.24, 2.45) is 16.8 Å². The second-order valence-electron chi connectivity index (χ2n) is 9.81. The van der Waals surface area contributed by atoms with E-state index in [4.69, 9.17) is 4.99 Å². The number of carbonyl (C=O) groups excluding carboxylic acids is 1. The van der Waals surface area contributed by atoms with Gasteiger partial charge in [0.05, 0.1) is 0 Å². The van der Waals surface area contributed by atoms with Crippen molar-refractivity contribution in [2.75, 3.05) is 45.8 Å². The van der Waals surface area contributed by atoms with Crippen LogP contribution in [0.1, 0.15) is 51.0 Å². The van der Waals surface area contributed by atoms with E-state index in [1.54, 1.807) is 0 Å². The number of aliphatic imine (C=N–C) groups is 1. The minimum absolute atomic E-state index is 0.280. The van der Waals surface area contributed by atoms with Gasteiger partial charge in [-0.1, -0.05) is 43.2 Å². The predicted octanol–water partition coefficient (Wildman–Crippen LogP) is 2.90. The maximum atomic E-state index is 12.7. The van der Waals surface area contributed by atoms with Gasteiger partial charge in [-0.3, -0.25) is 9.79 Å². The third-order valence-corrected chi connectivity index (χ3v) is 7.33. The molecule has 1 aromatic carbocycles. The number of nitrogens with zero attached hydrogens (tertiary/aromatic N) is 3. The van der Waals surface area contributed by atoms with E-state index >= 15 is 0 Å². The number of hydrogen-bond acceptors (Lipinski definition) is 3. The van der Waals surface area contributed by atoms with Crippen LogP contribution < -0.4 is 10.6 Å². The van der Waals surface area contributed by atoms with Crippen molar-refractivity contribution in [3.05, 3.63) is 35.9 Å². The van der Waals surface area contributed by atoms with Gasteiger partial charge in [0.15, 0.2) is 5.96 Å². The van der Waals surface area contributed by atoms with Crippen molar-refractivity contribution in [2.45, 2.75) is 57.9 Å². The molecule has 176 valence electrons. The van der Waals surface area contributed by atoms with Crippen LogP contribution in [0.4, 0.5) is 0 Å². The van der Waals surface area contributed by atoms with Crippen LogP contribution in [-0.2, 0) is 11.2 Å². The van der Waals surface area contributed by atoms with Gasteiger partial charge in [-0.15, -0.1) is 0 Å². The Balaban J connectivity index is 1.21. The van der Waals surface area contributed by atoms with E-state index in [1.165, 1.54) is 31.4 Å². The highest BCUT2D eigenvalue weighted by molar-refractivity contribution is 5.81. The average Bonchev–Trinajstić information content (AvgIpc) is 3.59. The third-order valence-electron chi connectivity index (χ3n) is 7.33. The Hall–Kier alpha value is -2.08. The van der Waals surface area contributed by atoms with Crippen LogP contribution >= 0.6 is 0 Å². The first-order valence-electron chi connectivity index (χ1n) is 12.8. The van der Waals surface area contributed by atoms with E-state index < -0.39 is 0 Å². The molecule has 1 saturated carbocycles. The van der Waals surface area contributed by atoms with Crippen LogP contribution in [0.2, 0.25) is 0 Å². The Morgan fingerprint density at radius 1 is 1.06 bits per heavy atom. The minimum Gasteiger partial charge on any atom is -0.357 e. The first-order valence-corrected chi connectivity index (χ1v) is 12.8. The smallest absolute Gasteiger partial charge is 0.225 e. The van der Waals surface area contributed by atoms with E-state index in [-0.39, 0.29) is 5.92 Å². The predicted molar refractivity (Wildman–Crippen MR) is 131 cm³/mol. The summed E-state index contributed by atoms with van der Waals surface area (Å²) in [6.07, 6.45) is 7.97. The Labute approximate surface area is 193 Å². The van der Waals surface area contributed by atoms with Crippen molar-refractivity contribution < 1.29 is 4.79 Å². The fraction of sp³-hybridized carbons (Fsp3) is 0.692. The fourth-order valence-corrected chi connectivity index (χ4v) is 5.44. The molecule has 2 atom stereocenters. The quantitative estimate of drug-likeness (QED) is 0.483. The van der Waals surface area contributed by atoms with Crippen molar-refractivity contribution in [1.82, 2.24) is 20.4 Å². The molecule has 2 saturated heterocycles. The van der Waals surface area contributed by atoms with Crippen LogP contribution in [0.25, 0.3) is 0 Å². The molecule has 6 nitrogen and oxygen atoms in total. The van der Waals surface area contributed by atoms with Gasteiger partial charge >= 0.3 is 0 Å². The molecule has 2 unspecified atom stereocenters. The number of hydrogen-bond donors (Lipinski definition) is 2. The van der Waals surface area contributed by atoms with Gasteiger partial charge in [-0.2, -0.15) is 0 Å². The zero-order valence-corrected chi connectivity index (χ0v) is 19.8. The highest BCUT2D eigenvalue weighted by Gasteiger charge is 2.32. The lowest BCUT2D eigenvalue weighted by atomic mass is 10.1. The first kappa shape index (κ1) is 23.1. The monoisotopic (exact) mass is 439 g/mol. The van der Waals surface area contributed by atoms with Gasteiger partial charge in [0.1, 0.15) is 0 Å². The summed E-state index contributed by atoms with van der Waals surface area (Å²) in [5.74, 6) is 2.21. The van der Waals surface area contributed by atoms with Crippen LogP contribution in [0.5, 0.6) is 0 Å². The van der Waals surface area contributed by atoms with E-state index in [2.05, 4.69) is 57.7 Å². The summed E-state index contributed by atoms with van der Waals surface area (Å²) in [6.45, 7) is 8.99. The second-order valence-corrected chi connectivity index (χ2v) is 9.81. The summed E-state index contributed by atoms with van der Waals surface area (Å²) in [5.41, 5.74) is 1.42. The zero-order chi connectivity index (χ0) is 22.2. The molecule has 0 radical (unpaired) electrons. The molecule has 32 heavy (non-hydrogen) atoms. The molecule has 2 heterocycles. The molecule has 4 rings (SSSR count). The number of nitrogens with one attached hydrogen (secondary N) is 2. The molecule has 3 aliphatic rings. The van der Waals surface area contributed by atoms with Crippen molar-refractivity contribution >= 4 is 11.9 Å². The summed E-state index contributed by atoms with van der Waals surface area (Å²) in [4.78, 5) is 22.3. The van der Waals surface area contributed by atoms with E-state index in [1.807, 2.05) is 0 Å². The number of carbonyl (C=O) groups is 1. The zero-order valence-electron chi connectivity index (χ0n) is 19.8. The minimum atomic E-state index is 0.280. The average molecular weight is 440 g/mol. The van der Waals surface area contributed by atoms with Crippen LogP contribution in [0.15, 0.2) is 35.3 Å². The van der Waals surface area contributed by atoms with E-state index in [9.17, 15) is 4.79 Å². The number of rotatable bonds is 8. The SMILES string of the molecule is CCNC(=NCC1CCN(CCc2ccccc2)C1)NC1CCN(C(=O)C2CCCC2)C1. The summed E-state index contributed by atoms with van der Waals surface area (Å²) in [6, 6.07) is 11.1. The van der Waals surface area contributed by atoms with Crippen LogP contribution in [0, 0.1) is 11.8 Å². The number of guanidine groups is 1. The summed E-state index contributed by atoms with van der Waals surface area (Å²) < 4.78 is 0. The lowest BCUT2D eigenvalue weighted by Gasteiger charge is -2.21. The third kappa shape index (κ3) is 6.47. The maximum Gasteiger partial charge on any atom is 0.225 e. The number of amides is 1. The number of likely N-dealkylation sites (tertiary alicyclic amines) is 2. The summed E-state index contributed by atoms with van der Waals surface area (Å²) in [5, 5.41) is 7.02. The standard InChI is InChI=1S/C26H41N5O/c1-2-27-26(29-24-14-17-31(20-24)25(32)23-10-6-7-11-23)28-18-22-13-16-30(19-22)15-12-21-8-4-3-5-9-21/h3-5,8-9,22-24H,2,6-7,10-20H2,1H3,(H2,27,28,29). The number of benzene rings is 1. The molecule has 1 aromatic rings. The Morgan fingerprint density at radius 2 is 1.88 bits per heavy atom. The normalized spacial score (nSPS) is 24.9. The molecule has 1 amide bonds. The lowest BCUT2D eigenvalue weighted by Crippen LogP contribution is -2.45. The molecular weight excluding hydrogens is 398 g/mol. The largest absolute Gasteiger partial charge is 0.357 e. The molecule has 1 aliphatic carbocycles. The van der Waals surface area contributed by atoms with Crippen LogP contribution in [0.3, 0.4) is 0 Å². The molecule has 0 aromatic heterocycles.